The number of aromatic nitrogens is 3. The number of aryl methyl sites for hydroxylation is 1. The molecular formula is C25H26F3N5O. The van der Waals surface area contributed by atoms with E-state index in [9.17, 15) is 18.0 Å². The quantitative estimate of drug-likeness (QED) is 0.555. The molecule has 3 aromatic rings. The average Bonchev–Trinajstić information content (AvgIpc) is 2.83. The van der Waals surface area contributed by atoms with Gasteiger partial charge in [-0.25, -0.2) is 15.0 Å². The van der Waals surface area contributed by atoms with Gasteiger partial charge in [0.05, 0.1) is 17.2 Å². The highest BCUT2D eigenvalue weighted by Gasteiger charge is 2.34. The first kappa shape index (κ1) is 23.7. The Labute approximate surface area is 196 Å². The fourth-order valence-electron chi connectivity index (χ4n) is 4.41. The van der Waals surface area contributed by atoms with Crippen molar-refractivity contribution < 1.29 is 18.0 Å². The van der Waals surface area contributed by atoms with Crippen molar-refractivity contribution in [3.63, 3.8) is 0 Å². The maximum absolute atomic E-state index is 13.8. The molecule has 0 spiro atoms. The van der Waals surface area contributed by atoms with Crippen molar-refractivity contribution >= 4 is 11.7 Å². The number of hydrogen-bond donors (Lipinski definition) is 1. The Morgan fingerprint density at radius 3 is 2.56 bits per heavy atom. The number of piperidine rings is 1. The summed E-state index contributed by atoms with van der Waals surface area (Å²) in [4.78, 5) is 28.3. The normalized spacial score (nSPS) is 18.6. The summed E-state index contributed by atoms with van der Waals surface area (Å²) in [5.74, 6) is 0.940. The zero-order valence-electron chi connectivity index (χ0n) is 19.0. The van der Waals surface area contributed by atoms with Crippen LogP contribution in [0.3, 0.4) is 0 Å². The van der Waals surface area contributed by atoms with E-state index in [0.717, 1.165) is 30.7 Å². The number of benzene rings is 1. The molecule has 0 bridgehead atoms. The van der Waals surface area contributed by atoms with Gasteiger partial charge in [0.2, 0.25) is 0 Å². The molecule has 9 heteroatoms. The second kappa shape index (κ2) is 9.79. The monoisotopic (exact) mass is 469 g/mol. The minimum Gasteiger partial charge on any atom is -0.368 e. The van der Waals surface area contributed by atoms with Gasteiger partial charge in [0.25, 0.3) is 5.91 Å². The Balaban J connectivity index is 1.58. The summed E-state index contributed by atoms with van der Waals surface area (Å²) in [5, 5.41) is 3.12. The summed E-state index contributed by atoms with van der Waals surface area (Å²) in [7, 11) is 0. The fraction of sp³-hybridized carbons (Fsp3) is 0.360. The van der Waals surface area contributed by atoms with Gasteiger partial charge < -0.3 is 10.2 Å². The summed E-state index contributed by atoms with van der Waals surface area (Å²) in [5.41, 5.74) is 1.29. The molecule has 1 fully saturated rings. The molecule has 1 N–H and O–H groups in total. The standard InChI is InChI=1S/C25H26F3N5O/c1-16-7-4-13-33(20(16)15-32-21-10-9-18(14-31-21)25(26,27)28)24(34)22-17(2)6-3-8-19(22)23-29-11-5-12-30-23/h3,5-6,8-12,14,16,20H,4,7,13,15H2,1-2H3,(H,31,32)/t16-,20-/m1/s1. The fourth-order valence-corrected chi connectivity index (χ4v) is 4.41. The van der Waals surface area contributed by atoms with Crippen LogP contribution in [0.2, 0.25) is 0 Å². The third kappa shape index (κ3) is 5.03. The molecule has 1 aromatic carbocycles. The molecule has 1 amide bonds. The van der Waals surface area contributed by atoms with E-state index >= 15 is 0 Å². The third-order valence-electron chi connectivity index (χ3n) is 6.25. The van der Waals surface area contributed by atoms with Gasteiger partial charge in [0, 0.05) is 37.2 Å². The van der Waals surface area contributed by atoms with Crippen LogP contribution in [-0.4, -0.2) is 44.9 Å². The van der Waals surface area contributed by atoms with Crippen LogP contribution in [0, 0.1) is 12.8 Å². The van der Waals surface area contributed by atoms with Crippen LogP contribution in [0.15, 0.2) is 55.0 Å². The van der Waals surface area contributed by atoms with E-state index in [4.69, 9.17) is 0 Å². The molecule has 4 rings (SSSR count). The van der Waals surface area contributed by atoms with Gasteiger partial charge in [0.1, 0.15) is 5.82 Å². The first-order valence-electron chi connectivity index (χ1n) is 11.2. The smallest absolute Gasteiger partial charge is 0.368 e. The van der Waals surface area contributed by atoms with E-state index < -0.39 is 11.7 Å². The number of anilines is 1. The van der Waals surface area contributed by atoms with Crippen molar-refractivity contribution in [2.45, 2.75) is 38.9 Å². The molecule has 1 aliphatic heterocycles. The minimum atomic E-state index is -4.43. The highest BCUT2D eigenvalue weighted by Crippen LogP contribution is 2.31. The minimum absolute atomic E-state index is 0.0979. The maximum atomic E-state index is 13.8. The zero-order valence-corrected chi connectivity index (χ0v) is 19.0. The second-order valence-corrected chi connectivity index (χ2v) is 8.57. The number of rotatable bonds is 5. The number of likely N-dealkylation sites (tertiary alicyclic amines) is 1. The van der Waals surface area contributed by atoms with Crippen LogP contribution in [0.1, 0.15) is 41.3 Å². The lowest BCUT2D eigenvalue weighted by atomic mass is 9.89. The van der Waals surface area contributed by atoms with Crippen LogP contribution in [-0.2, 0) is 6.18 Å². The van der Waals surface area contributed by atoms with E-state index in [0.29, 0.717) is 35.9 Å². The van der Waals surface area contributed by atoms with Gasteiger partial charge in [-0.1, -0.05) is 25.1 Å². The number of nitrogens with zero attached hydrogens (tertiary/aromatic N) is 4. The molecule has 2 atom stereocenters. The lowest BCUT2D eigenvalue weighted by Crippen LogP contribution is -2.51. The highest BCUT2D eigenvalue weighted by molar-refractivity contribution is 6.01. The van der Waals surface area contributed by atoms with Crippen LogP contribution in [0.5, 0.6) is 0 Å². The molecule has 0 aliphatic carbocycles. The Morgan fingerprint density at radius 2 is 1.88 bits per heavy atom. The third-order valence-corrected chi connectivity index (χ3v) is 6.25. The number of hydrogen-bond acceptors (Lipinski definition) is 5. The van der Waals surface area contributed by atoms with Crippen molar-refractivity contribution in [3.05, 3.63) is 71.7 Å². The Bertz CT molecular complexity index is 1140. The summed E-state index contributed by atoms with van der Waals surface area (Å²) < 4.78 is 38.5. The number of amides is 1. The summed E-state index contributed by atoms with van der Waals surface area (Å²) in [6.07, 6.45) is 1.51. The molecule has 2 aromatic heterocycles. The van der Waals surface area contributed by atoms with Gasteiger partial charge in [-0.15, -0.1) is 0 Å². The molecular weight excluding hydrogens is 443 g/mol. The van der Waals surface area contributed by atoms with E-state index in [2.05, 4.69) is 27.2 Å². The van der Waals surface area contributed by atoms with E-state index in [1.165, 1.54) is 6.07 Å². The number of halogens is 3. The Hall–Kier alpha value is -3.49. The van der Waals surface area contributed by atoms with Crippen molar-refractivity contribution in [2.75, 3.05) is 18.4 Å². The Morgan fingerprint density at radius 1 is 1.12 bits per heavy atom. The number of carbonyl (C=O) groups is 1. The molecule has 0 radical (unpaired) electrons. The first-order chi connectivity index (χ1) is 16.3. The second-order valence-electron chi connectivity index (χ2n) is 8.57. The summed E-state index contributed by atoms with van der Waals surface area (Å²) in [6, 6.07) is 9.52. The topological polar surface area (TPSA) is 71.0 Å². The molecule has 0 unspecified atom stereocenters. The van der Waals surface area contributed by atoms with Crippen molar-refractivity contribution in [3.8, 4) is 11.4 Å². The molecule has 0 saturated carbocycles. The number of nitrogens with one attached hydrogen (secondary N) is 1. The van der Waals surface area contributed by atoms with E-state index in [1.807, 2.05) is 30.0 Å². The molecule has 3 heterocycles. The van der Waals surface area contributed by atoms with Crippen LogP contribution >= 0.6 is 0 Å². The molecule has 34 heavy (non-hydrogen) atoms. The number of pyridine rings is 1. The average molecular weight is 470 g/mol. The van der Waals surface area contributed by atoms with E-state index in [-0.39, 0.29) is 17.9 Å². The number of alkyl halides is 3. The lowest BCUT2D eigenvalue weighted by Gasteiger charge is -2.40. The van der Waals surface area contributed by atoms with Crippen LogP contribution in [0.25, 0.3) is 11.4 Å². The summed E-state index contributed by atoms with van der Waals surface area (Å²) in [6.45, 7) is 4.96. The highest BCUT2D eigenvalue weighted by atomic mass is 19.4. The number of carbonyl (C=O) groups excluding carboxylic acids is 1. The van der Waals surface area contributed by atoms with Gasteiger partial charge in [0.15, 0.2) is 5.82 Å². The van der Waals surface area contributed by atoms with Crippen LogP contribution in [0.4, 0.5) is 19.0 Å². The Kier molecular flexibility index (Phi) is 6.81. The van der Waals surface area contributed by atoms with Gasteiger partial charge in [-0.05, 0) is 49.4 Å². The summed E-state index contributed by atoms with van der Waals surface area (Å²) >= 11 is 0. The SMILES string of the molecule is Cc1cccc(-c2ncccn2)c1C(=O)N1CCC[C@@H](C)[C@H]1CNc1ccc(C(F)(F)F)cn1. The van der Waals surface area contributed by atoms with Gasteiger partial charge >= 0.3 is 6.18 Å². The van der Waals surface area contributed by atoms with Crippen molar-refractivity contribution in [1.29, 1.82) is 0 Å². The van der Waals surface area contributed by atoms with Gasteiger partial charge in [-0.3, -0.25) is 4.79 Å². The molecule has 1 aliphatic rings. The van der Waals surface area contributed by atoms with Crippen molar-refractivity contribution in [2.24, 2.45) is 5.92 Å². The molecule has 1 saturated heterocycles. The maximum Gasteiger partial charge on any atom is 0.417 e. The van der Waals surface area contributed by atoms with Crippen molar-refractivity contribution in [1.82, 2.24) is 19.9 Å². The first-order valence-corrected chi connectivity index (χ1v) is 11.2. The predicted octanol–water partition coefficient (Wildman–Crippen LogP) is 5.22. The largest absolute Gasteiger partial charge is 0.417 e. The van der Waals surface area contributed by atoms with E-state index in [1.54, 1.807) is 18.5 Å². The molecule has 178 valence electrons. The lowest BCUT2D eigenvalue weighted by molar-refractivity contribution is -0.137. The zero-order chi connectivity index (χ0) is 24.3. The van der Waals surface area contributed by atoms with Gasteiger partial charge in [-0.2, -0.15) is 13.2 Å². The van der Waals surface area contributed by atoms with Crippen LogP contribution < -0.4 is 5.32 Å². The molecule has 6 nitrogen and oxygen atoms in total. The predicted molar refractivity (Wildman–Crippen MR) is 123 cm³/mol.